The molecule has 1 aliphatic heterocycles. The highest BCUT2D eigenvalue weighted by Gasteiger charge is 2.23. The predicted octanol–water partition coefficient (Wildman–Crippen LogP) is 6.48. The summed E-state index contributed by atoms with van der Waals surface area (Å²) in [6.07, 6.45) is 3.75. The van der Waals surface area contributed by atoms with E-state index in [2.05, 4.69) is 53.4 Å². The van der Waals surface area contributed by atoms with Gasteiger partial charge < -0.3 is 9.80 Å². The molecule has 5 nitrogen and oxygen atoms in total. The Hall–Kier alpha value is -3.05. The molecule has 0 N–H and O–H groups in total. The highest BCUT2D eigenvalue weighted by molar-refractivity contribution is 6.31. The number of nitro groups is 1. The van der Waals surface area contributed by atoms with Gasteiger partial charge in [-0.3, -0.25) is 10.1 Å². The molecule has 6 heteroatoms. The third-order valence-corrected chi connectivity index (χ3v) is 6.54. The summed E-state index contributed by atoms with van der Waals surface area (Å²) >= 11 is 6.59. The molecule has 0 amide bonds. The van der Waals surface area contributed by atoms with Crippen LogP contribution in [0.5, 0.6) is 0 Å². The van der Waals surface area contributed by atoms with E-state index in [9.17, 15) is 10.1 Å². The van der Waals surface area contributed by atoms with Gasteiger partial charge in [-0.15, -0.1) is 0 Å². The second kappa shape index (κ2) is 9.61. The topological polar surface area (TPSA) is 49.6 Å². The Morgan fingerprint density at radius 3 is 2.06 bits per heavy atom. The first kappa shape index (κ1) is 22.2. The van der Waals surface area contributed by atoms with Crippen molar-refractivity contribution in [1.82, 2.24) is 0 Å². The minimum Gasteiger partial charge on any atom is -0.378 e. The van der Waals surface area contributed by atoms with Gasteiger partial charge in [0.2, 0.25) is 0 Å². The van der Waals surface area contributed by atoms with Gasteiger partial charge in [0.05, 0.1) is 4.92 Å². The van der Waals surface area contributed by atoms with E-state index in [1.807, 2.05) is 19.0 Å². The van der Waals surface area contributed by atoms with E-state index in [0.29, 0.717) is 5.02 Å². The lowest BCUT2D eigenvalue weighted by molar-refractivity contribution is -0.384. The number of nitrogens with zero attached hydrogens (tertiary/aromatic N) is 3. The Balaban J connectivity index is 1.77. The van der Waals surface area contributed by atoms with Gasteiger partial charge in [-0.1, -0.05) is 35.9 Å². The van der Waals surface area contributed by atoms with Gasteiger partial charge in [-0.2, -0.15) is 0 Å². The van der Waals surface area contributed by atoms with Crippen LogP contribution in [-0.4, -0.2) is 32.1 Å². The molecule has 0 aromatic heterocycles. The van der Waals surface area contributed by atoms with Gasteiger partial charge in [-0.05, 0) is 66.3 Å². The Morgan fingerprint density at radius 2 is 1.50 bits per heavy atom. The molecule has 166 valence electrons. The Bertz CT molecular complexity index is 1080. The third-order valence-electron chi connectivity index (χ3n) is 6.19. The fourth-order valence-electron chi connectivity index (χ4n) is 4.41. The molecule has 1 atom stereocenters. The fraction of sp³-hybridized carbons (Fsp3) is 0.308. The minimum atomic E-state index is -0.370. The maximum atomic E-state index is 11.5. The van der Waals surface area contributed by atoms with Crippen LogP contribution in [0, 0.1) is 10.1 Å². The number of hydrogen-bond acceptors (Lipinski definition) is 4. The number of piperidine rings is 1. The molecule has 1 fully saturated rings. The number of non-ortho nitro benzene ring substituents is 1. The van der Waals surface area contributed by atoms with E-state index < -0.39 is 0 Å². The summed E-state index contributed by atoms with van der Waals surface area (Å²) in [5.74, 6) is -0.200. The van der Waals surface area contributed by atoms with Crippen molar-refractivity contribution < 1.29 is 4.92 Å². The third kappa shape index (κ3) is 4.73. The monoisotopic (exact) mass is 449 g/mol. The molecular formula is C26H28ClN3O2. The summed E-state index contributed by atoms with van der Waals surface area (Å²) in [5, 5.41) is 12.0. The highest BCUT2D eigenvalue weighted by Crippen LogP contribution is 2.39. The SMILES string of the molecule is CN(C)c1ccc(C(c2ccc(N3CCCCC3)cc2)c2cc([N+](=O)[O-])ccc2Cl)cc1. The van der Waals surface area contributed by atoms with Crippen molar-refractivity contribution in [1.29, 1.82) is 0 Å². The second-order valence-corrected chi connectivity index (χ2v) is 8.93. The van der Waals surface area contributed by atoms with Crippen molar-refractivity contribution in [3.8, 4) is 0 Å². The van der Waals surface area contributed by atoms with Crippen LogP contribution >= 0.6 is 11.6 Å². The normalized spacial score (nSPS) is 14.8. The molecule has 1 heterocycles. The smallest absolute Gasteiger partial charge is 0.269 e. The Kier molecular flexibility index (Phi) is 6.66. The standard InChI is InChI=1S/C26H28ClN3O2/c1-28(2)21-10-6-19(7-11-21)26(24-18-23(30(31)32)14-15-25(24)27)20-8-12-22(13-9-20)29-16-4-3-5-17-29/h6-15,18,26H,3-5,16-17H2,1-2H3. The lowest BCUT2D eigenvalue weighted by Crippen LogP contribution is -2.29. The van der Waals surface area contributed by atoms with Crippen molar-refractivity contribution in [3.05, 3.63) is 98.6 Å². The van der Waals surface area contributed by atoms with Gasteiger partial charge in [0, 0.05) is 61.6 Å². The molecule has 0 radical (unpaired) electrons. The summed E-state index contributed by atoms with van der Waals surface area (Å²) in [5.41, 5.74) is 5.21. The molecule has 0 aliphatic carbocycles. The van der Waals surface area contributed by atoms with Crippen molar-refractivity contribution in [2.75, 3.05) is 37.0 Å². The van der Waals surface area contributed by atoms with Gasteiger partial charge in [0.1, 0.15) is 0 Å². The average Bonchev–Trinajstić information content (AvgIpc) is 2.81. The van der Waals surface area contributed by atoms with Gasteiger partial charge in [-0.25, -0.2) is 0 Å². The van der Waals surface area contributed by atoms with E-state index in [0.717, 1.165) is 35.5 Å². The van der Waals surface area contributed by atoms with Crippen LogP contribution < -0.4 is 9.80 Å². The van der Waals surface area contributed by atoms with Crippen molar-refractivity contribution in [2.45, 2.75) is 25.2 Å². The van der Waals surface area contributed by atoms with Crippen LogP contribution in [0.2, 0.25) is 5.02 Å². The average molecular weight is 450 g/mol. The largest absolute Gasteiger partial charge is 0.378 e. The van der Waals surface area contributed by atoms with E-state index in [1.54, 1.807) is 12.1 Å². The number of anilines is 2. The molecule has 1 aliphatic rings. The summed E-state index contributed by atoms with van der Waals surface area (Å²) in [6, 6.07) is 21.5. The first-order valence-electron chi connectivity index (χ1n) is 11.0. The van der Waals surface area contributed by atoms with Crippen LogP contribution in [0.4, 0.5) is 17.1 Å². The summed E-state index contributed by atoms with van der Waals surface area (Å²) in [7, 11) is 4.01. The van der Waals surface area contributed by atoms with E-state index in [1.165, 1.54) is 31.0 Å². The maximum absolute atomic E-state index is 11.5. The number of hydrogen-bond donors (Lipinski definition) is 0. The predicted molar refractivity (Wildman–Crippen MR) is 132 cm³/mol. The lowest BCUT2D eigenvalue weighted by atomic mass is 9.84. The zero-order chi connectivity index (χ0) is 22.7. The maximum Gasteiger partial charge on any atom is 0.269 e. The molecule has 3 aromatic rings. The molecule has 0 spiro atoms. The Morgan fingerprint density at radius 1 is 0.906 bits per heavy atom. The Labute approximate surface area is 194 Å². The lowest BCUT2D eigenvalue weighted by Gasteiger charge is -2.29. The second-order valence-electron chi connectivity index (χ2n) is 8.52. The fourth-order valence-corrected chi connectivity index (χ4v) is 4.64. The van der Waals surface area contributed by atoms with Gasteiger partial charge in [0.25, 0.3) is 5.69 Å². The highest BCUT2D eigenvalue weighted by atomic mass is 35.5. The molecule has 0 bridgehead atoms. The van der Waals surface area contributed by atoms with E-state index in [4.69, 9.17) is 11.6 Å². The van der Waals surface area contributed by atoms with Crippen LogP contribution in [0.15, 0.2) is 66.7 Å². The van der Waals surface area contributed by atoms with Crippen LogP contribution in [0.3, 0.4) is 0 Å². The molecular weight excluding hydrogens is 422 g/mol. The van der Waals surface area contributed by atoms with Crippen molar-refractivity contribution >= 4 is 28.7 Å². The molecule has 1 saturated heterocycles. The zero-order valence-corrected chi connectivity index (χ0v) is 19.3. The van der Waals surface area contributed by atoms with E-state index >= 15 is 0 Å². The molecule has 1 unspecified atom stereocenters. The van der Waals surface area contributed by atoms with E-state index in [-0.39, 0.29) is 16.5 Å². The molecule has 3 aromatic carbocycles. The minimum absolute atomic E-state index is 0.0456. The first-order valence-corrected chi connectivity index (χ1v) is 11.4. The number of rotatable bonds is 6. The van der Waals surface area contributed by atoms with Crippen molar-refractivity contribution in [2.24, 2.45) is 0 Å². The number of nitro benzene ring substituents is 1. The van der Waals surface area contributed by atoms with Crippen molar-refractivity contribution in [3.63, 3.8) is 0 Å². The van der Waals surface area contributed by atoms with Crippen LogP contribution in [0.1, 0.15) is 41.9 Å². The zero-order valence-electron chi connectivity index (χ0n) is 18.5. The van der Waals surface area contributed by atoms with Crippen LogP contribution in [-0.2, 0) is 0 Å². The molecule has 32 heavy (non-hydrogen) atoms. The molecule has 4 rings (SSSR count). The number of halogens is 1. The molecule has 0 saturated carbocycles. The summed E-state index contributed by atoms with van der Waals surface area (Å²) < 4.78 is 0. The number of benzene rings is 3. The quantitative estimate of drug-likeness (QED) is 0.245. The summed E-state index contributed by atoms with van der Waals surface area (Å²) in [4.78, 5) is 15.6. The van der Waals surface area contributed by atoms with Gasteiger partial charge in [0.15, 0.2) is 0 Å². The first-order chi connectivity index (χ1) is 15.4. The van der Waals surface area contributed by atoms with Crippen LogP contribution in [0.25, 0.3) is 0 Å². The van der Waals surface area contributed by atoms with Gasteiger partial charge >= 0.3 is 0 Å². The summed E-state index contributed by atoms with van der Waals surface area (Å²) in [6.45, 7) is 2.18.